The molecule has 10 heteroatoms. The molecule has 0 amide bonds. The summed E-state index contributed by atoms with van der Waals surface area (Å²) < 4.78 is 7.74. The molecule has 1 aliphatic heterocycles. The van der Waals surface area contributed by atoms with Crippen LogP contribution in [0.4, 0.5) is 5.95 Å². The van der Waals surface area contributed by atoms with Crippen LogP contribution >= 0.6 is 0 Å². The van der Waals surface area contributed by atoms with Crippen LogP contribution in [0.1, 0.15) is 26.0 Å². The standard InChI is InChI=1S/C15H19N5O5/c1-3-5-19-10-11(17-14(16)18-12(10)23)20(15(19)24)13-8(22)6-9(25-13)7(21)4-2/h5,7-9,13,21-22H,1,4,6H2,2H3,(H3,16,17,18,23)/t7?,8-,9+,13-/m1/s1. The van der Waals surface area contributed by atoms with Crippen molar-refractivity contribution in [2.75, 3.05) is 5.73 Å². The normalized spacial score (nSPS) is 24.4. The van der Waals surface area contributed by atoms with Gasteiger partial charge in [0.15, 0.2) is 17.4 Å². The number of ether oxygens (including phenoxy) is 1. The molecular weight excluding hydrogens is 330 g/mol. The molecule has 0 spiro atoms. The van der Waals surface area contributed by atoms with Gasteiger partial charge in [0.25, 0.3) is 5.56 Å². The Kier molecular flexibility index (Phi) is 4.36. The highest BCUT2D eigenvalue weighted by molar-refractivity contribution is 5.74. The van der Waals surface area contributed by atoms with Gasteiger partial charge in [0.2, 0.25) is 5.95 Å². The number of nitrogen functional groups attached to an aromatic ring is 1. The third-order valence-corrected chi connectivity index (χ3v) is 4.22. The van der Waals surface area contributed by atoms with Gasteiger partial charge in [0.1, 0.15) is 6.10 Å². The minimum absolute atomic E-state index is 0.0339. The smallest absolute Gasteiger partial charge is 0.337 e. The molecule has 10 nitrogen and oxygen atoms in total. The highest BCUT2D eigenvalue weighted by atomic mass is 16.5. The summed E-state index contributed by atoms with van der Waals surface area (Å²) in [5, 5.41) is 20.3. The molecule has 5 N–H and O–H groups in total. The maximum Gasteiger partial charge on any atom is 0.337 e. The van der Waals surface area contributed by atoms with Gasteiger partial charge in [-0.25, -0.2) is 9.36 Å². The predicted octanol–water partition coefficient (Wildman–Crippen LogP) is -0.857. The zero-order chi connectivity index (χ0) is 18.3. The Balaban J connectivity index is 2.23. The lowest BCUT2D eigenvalue weighted by molar-refractivity contribution is -0.0758. The predicted molar refractivity (Wildman–Crippen MR) is 89.8 cm³/mol. The molecule has 3 rings (SSSR count). The van der Waals surface area contributed by atoms with Crippen molar-refractivity contribution in [3.05, 3.63) is 33.1 Å². The number of aromatic amines is 1. The van der Waals surface area contributed by atoms with E-state index in [0.29, 0.717) is 6.42 Å². The zero-order valence-corrected chi connectivity index (χ0v) is 13.5. The van der Waals surface area contributed by atoms with E-state index in [4.69, 9.17) is 10.5 Å². The van der Waals surface area contributed by atoms with Gasteiger partial charge in [0.05, 0.1) is 18.4 Å². The van der Waals surface area contributed by atoms with Gasteiger partial charge < -0.3 is 20.7 Å². The van der Waals surface area contributed by atoms with E-state index in [-0.39, 0.29) is 23.5 Å². The second-order valence-electron chi connectivity index (χ2n) is 5.82. The summed E-state index contributed by atoms with van der Waals surface area (Å²) in [4.78, 5) is 31.3. The van der Waals surface area contributed by atoms with Gasteiger partial charge in [-0.1, -0.05) is 13.5 Å². The van der Waals surface area contributed by atoms with E-state index in [1.54, 1.807) is 6.92 Å². The Hall–Kier alpha value is -2.65. The van der Waals surface area contributed by atoms with E-state index in [0.717, 1.165) is 9.13 Å². The lowest BCUT2D eigenvalue weighted by Gasteiger charge is -2.18. The molecule has 1 aliphatic rings. The van der Waals surface area contributed by atoms with Crippen molar-refractivity contribution in [1.82, 2.24) is 19.1 Å². The first-order valence-electron chi connectivity index (χ1n) is 7.78. The number of aliphatic hydroxyl groups is 2. The Labute approximate surface area is 141 Å². The van der Waals surface area contributed by atoms with Crippen molar-refractivity contribution in [2.24, 2.45) is 0 Å². The number of nitrogens with one attached hydrogen (secondary N) is 1. The van der Waals surface area contributed by atoms with Gasteiger partial charge >= 0.3 is 5.69 Å². The van der Waals surface area contributed by atoms with Crippen LogP contribution in [0.15, 0.2) is 21.9 Å². The second-order valence-corrected chi connectivity index (χ2v) is 5.82. The topological polar surface area (TPSA) is 148 Å². The number of aromatic nitrogens is 4. The molecule has 0 radical (unpaired) electrons. The van der Waals surface area contributed by atoms with Crippen molar-refractivity contribution >= 4 is 23.3 Å². The third kappa shape index (κ3) is 2.71. The van der Waals surface area contributed by atoms with Crippen LogP contribution in [0, 0.1) is 0 Å². The molecule has 1 saturated heterocycles. The largest absolute Gasteiger partial charge is 0.390 e. The van der Waals surface area contributed by atoms with Crippen LogP contribution in [0.3, 0.4) is 0 Å². The molecule has 4 atom stereocenters. The van der Waals surface area contributed by atoms with E-state index in [1.165, 1.54) is 6.20 Å². The first-order chi connectivity index (χ1) is 11.9. The molecule has 2 aromatic heterocycles. The summed E-state index contributed by atoms with van der Waals surface area (Å²) in [5.74, 6) is -0.177. The van der Waals surface area contributed by atoms with Crippen LogP contribution in [0.5, 0.6) is 0 Å². The minimum atomic E-state index is -1.10. The first kappa shape index (κ1) is 17.2. The number of anilines is 1. The zero-order valence-electron chi connectivity index (χ0n) is 13.5. The lowest BCUT2D eigenvalue weighted by atomic mass is 10.1. The Morgan fingerprint density at radius 1 is 1.60 bits per heavy atom. The highest BCUT2D eigenvalue weighted by Crippen LogP contribution is 2.32. The maximum atomic E-state index is 12.8. The Morgan fingerprint density at radius 2 is 2.32 bits per heavy atom. The first-order valence-corrected chi connectivity index (χ1v) is 7.78. The fourth-order valence-corrected chi connectivity index (χ4v) is 3.02. The Bertz CT molecular complexity index is 967. The number of fused-ring (bicyclic) bond motifs is 1. The van der Waals surface area contributed by atoms with Crippen LogP contribution < -0.4 is 17.0 Å². The molecule has 2 aromatic rings. The third-order valence-electron chi connectivity index (χ3n) is 4.22. The summed E-state index contributed by atoms with van der Waals surface area (Å²) >= 11 is 0. The number of rotatable bonds is 4. The number of imidazole rings is 1. The van der Waals surface area contributed by atoms with Gasteiger partial charge in [-0.15, -0.1) is 5.73 Å². The SMILES string of the molecule is C=C=Cn1c(=O)n([C@@H]2O[C@H](C(O)CC)C[C@H]2O)c2nc(N)[nH]c(=O)c21. The Morgan fingerprint density at radius 3 is 2.96 bits per heavy atom. The van der Waals surface area contributed by atoms with Gasteiger partial charge in [-0.2, -0.15) is 4.98 Å². The van der Waals surface area contributed by atoms with Gasteiger partial charge in [-0.05, 0) is 6.42 Å². The van der Waals surface area contributed by atoms with Crippen molar-refractivity contribution < 1.29 is 14.9 Å². The molecule has 0 aliphatic carbocycles. The van der Waals surface area contributed by atoms with Crippen molar-refractivity contribution in [3.8, 4) is 0 Å². The molecule has 3 heterocycles. The summed E-state index contributed by atoms with van der Waals surface area (Å²) in [5.41, 5.74) is 6.63. The number of nitrogens with zero attached hydrogens (tertiary/aromatic N) is 3. The van der Waals surface area contributed by atoms with Gasteiger partial charge in [0, 0.05) is 6.42 Å². The quantitative estimate of drug-likeness (QED) is 0.525. The van der Waals surface area contributed by atoms with Crippen LogP contribution in [0.2, 0.25) is 0 Å². The number of H-pyrrole nitrogens is 1. The van der Waals surface area contributed by atoms with Crippen LogP contribution in [-0.2, 0) is 4.74 Å². The summed E-state index contributed by atoms with van der Waals surface area (Å²) in [7, 11) is 0. The summed E-state index contributed by atoms with van der Waals surface area (Å²) in [6, 6.07) is 0. The van der Waals surface area contributed by atoms with E-state index in [2.05, 4.69) is 22.3 Å². The monoisotopic (exact) mass is 349 g/mol. The van der Waals surface area contributed by atoms with Crippen molar-refractivity contribution in [2.45, 2.75) is 44.3 Å². The number of nitrogens with two attached hydrogens (primary N) is 1. The van der Waals surface area contributed by atoms with E-state index in [9.17, 15) is 19.8 Å². The molecule has 0 bridgehead atoms. The number of hydrogen-bond donors (Lipinski definition) is 4. The van der Waals surface area contributed by atoms with Crippen molar-refractivity contribution in [3.63, 3.8) is 0 Å². The molecule has 1 unspecified atom stereocenters. The van der Waals surface area contributed by atoms with E-state index < -0.39 is 35.8 Å². The highest BCUT2D eigenvalue weighted by Gasteiger charge is 2.40. The lowest BCUT2D eigenvalue weighted by Crippen LogP contribution is -2.31. The van der Waals surface area contributed by atoms with Crippen molar-refractivity contribution in [1.29, 1.82) is 0 Å². The van der Waals surface area contributed by atoms with Gasteiger partial charge in [-0.3, -0.25) is 14.3 Å². The molecular formula is C15H19N5O5. The molecule has 1 fully saturated rings. The number of hydrogen-bond acceptors (Lipinski definition) is 7. The molecule has 25 heavy (non-hydrogen) atoms. The minimum Gasteiger partial charge on any atom is -0.390 e. The molecule has 134 valence electrons. The van der Waals surface area contributed by atoms with E-state index in [1.807, 2.05) is 0 Å². The maximum absolute atomic E-state index is 12.8. The number of aliphatic hydroxyl groups excluding tert-OH is 2. The van der Waals surface area contributed by atoms with E-state index >= 15 is 0 Å². The summed E-state index contributed by atoms with van der Waals surface area (Å²) in [6.45, 7) is 5.18. The average Bonchev–Trinajstić information content (AvgIpc) is 3.05. The fraction of sp³-hybridized carbons (Fsp3) is 0.467. The van der Waals surface area contributed by atoms with Crippen LogP contribution in [0.25, 0.3) is 17.4 Å². The molecule has 0 aromatic carbocycles. The van der Waals surface area contributed by atoms with Crippen LogP contribution in [-0.4, -0.2) is 47.6 Å². The summed E-state index contributed by atoms with van der Waals surface area (Å²) in [6.07, 6.45) is -1.80. The average molecular weight is 349 g/mol. The fourth-order valence-electron chi connectivity index (χ4n) is 3.02. The second kappa shape index (κ2) is 6.34. The molecule has 0 saturated carbocycles.